The van der Waals surface area contributed by atoms with Crippen LogP contribution in [0.15, 0.2) is 60.7 Å². The average Bonchev–Trinajstić information content (AvgIpc) is 3.41. The SMILES string of the molecule is COC(=O)C(CSSCC(C(=O)NC(Cc1ccccc1)C(=O)NCC(=O)OC(C)(C)C)N1C(=O)CCC1=O)NC(=O)OCc1ccccc1. The number of nitrogens with zero attached hydrogens (tertiary/aromatic N) is 1. The van der Waals surface area contributed by atoms with E-state index in [0.717, 1.165) is 32.1 Å². The molecule has 2 aromatic rings. The number of methoxy groups -OCH3 is 1. The van der Waals surface area contributed by atoms with Gasteiger partial charge in [0.05, 0.1) is 7.11 Å². The Morgan fingerprint density at radius 2 is 1.38 bits per heavy atom. The van der Waals surface area contributed by atoms with E-state index >= 15 is 0 Å². The minimum Gasteiger partial charge on any atom is -0.467 e. The summed E-state index contributed by atoms with van der Waals surface area (Å²) in [5, 5.41) is 7.63. The third-order valence-electron chi connectivity index (χ3n) is 6.98. The molecular formula is C34H42N4O10S2. The summed E-state index contributed by atoms with van der Waals surface area (Å²) in [5.74, 6) is -4.00. The quantitative estimate of drug-likeness (QED) is 0.0711. The molecule has 16 heteroatoms. The smallest absolute Gasteiger partial charge is 0.408 e. The molecule has 0 aromatic heterocycles. The number of benzene rings is 2. The molecule has 50 heavy (non-hydrogen) atoms. The van der Waals surface area contributed by atoms with Gasteiger partial charge in [-0.1, -0.05) is 82.3 Å². The van der Waals surface area contributed by atoms with Gasteiger partial charge < -0.3 is 30.2 Å². The van der Waals surface area contributed by atoms with Gasteiger partial charge in [0.25, 0.3) is 0 Å². The Kier molecular flexibility index (Phi) is 15.6. The summed E-state index contributed by atoms with van der Waals surface area (Å²) >= 11 is 0. The van der Waals surface area contributed by atoms with Gasteiger partial charge in [-0.25, -0.2) is 9.59 Å². The van der Waals surface area contributed by atoms with Crippen LogP contribution in [-0.2, 0) is 56.0 Å². The molecule has 3 atom stereocenters. The maximum Gasteiger partial charge on any atom is 0.408 e. The van der Waals surface area contributed by atoms with Crippen LogP contribution < -0.4 is 16.0 Å². The fraction of sp³-hybridized carbons (Fsp3) is 0.441. The van der Waals surface area contributed by atoms with Crippen LogP contribution in [-0.4, -0.2) is 95.4 Å². The van der Waals surface area contributed by atoms with Gasteiger partial charge in [-0.2, -0.15) is 0 Å². The highest BCUT2D eigenvalue weighted by Gasteiger charge is 2.40. The number of imide groups is 1. The van der Waals surface area contributed by atoms with Crippen molar-refractivity contribution in [3.63, 3.8) is 0 Å². The van der Waals surface area contributed by atoms with Gasteiger partial charge in [0.1, 0.15) is 36.9 Å². The number of ether oxygens (including phenoxy) is 3. The van der Waals surface area contributed by atoms with Crippen LogP contribution in [0.1, 0.15) is 44.7 Å². The molecule has 2 aromatic carbocycles. The first-order valence-corrected chi connectivity index (χ1v) is 18.2. The predicted molar refractivity (Wildman–Crippen MR) is 186 cm³/mol. The monoisotopic (exact) mass is 730 g/mol. The van der Waals surface area contributed by atoms with Crippen LogP contribution in [0.25, 0.3) is 0 Å². The first-order chi connectivity index (χ1) is 23.8. The Morgan fingerprint density at radius 1 is 0.800 bits per heavy atom. The third-order valence-corrected chi connectivity index (χ3v) is 9.39. The average molecular weight is 731 g/mol. The molecule has 0 radical (unpaired) electrons. The number of nitrogens with one attached hydrogen (secondary N) is 3. The van der Waals surface area contributed by atoms with E-state index in [2.05, 4.69) is 16.0 Å². The van der Waals surface area contributed by atoms with Crippen LogP contribution in [0.5, 0.6) is 0 Å². The van der Waals surface area contributed by atoms with Crippen molar-refractivity contribution in [3.05, 3.63) is 71.8 Å². The topological polar surface area (TPSA) is 187 Å². The Morgan fingerprint density at radius 3 is 1.96 bits per heavy atom. The number of carbonyl (C=O) groups is 7. The number of carbonyl (C=O) groups excluding carboxylic acids is 7. The van der Waals surface area contributed by atoms with E-state index in [-0.39, 0.29) is 37.4 Å². The second-order valence-corrected chi connectivity index (χ2v) is 14.6. The van der Waals surface area contributed by atoms with Crippen LogP contribution in [0.3, 0.4) is 0 Å². The van der Waals surface area contributed by atoms with Crippen molar-refractivity contribution in [2.24, 2.45) is 0 Å². The molecule has 270 valence electrons. The van der Waals surface area contributed by atoms with Crippen molar-refractivity contribution in [1.82, 2.24) is 20.9 Å². The molecule has 3 rings (SSSR count). The summed E-state index contributed by atoms with van der Waals surface area (Å²) in [6.07, 6.45) is -0.918. The van der Waals surface area contributed by atoms with Gasteiger partial charge in [0.2, 0.25) is 23.6 Å². The zero-order valence-corrected chi connectivity index (χ0v) is 29.9. The lowest BCUT2D eigenvalue weighted by Gasteiger charge is -2.27. The normalized spacial score (nSPS) is 14.6. The van der Waals surface area contributed by atoms with Crippen molar-refractivity contribution in [3.8, 4) is 0 Å². The number of hydrogen-bond acceptors (Lipinski definition) is 12. The van der Waals surface area contributed by atoms with Crippen molar-refractivity contribution in [2.75, 3.05) is 25.2 Å². The van der Waals surface area contributed by atoms with E-state index in [0.29, 0.717) is 5.56 Å². The van der Waals surface area contributed by atoms with E-state index in [1.165, 1.54) is 7.11 Å². The first-order valence-electron chi connectivity index (χ1n) is 15.8. The second kappa shape index (κ2) is 19.6. The fourth-order valence-corrected chi connectivity index (χ4v) is 6.99. The standard InChI is InChI=1S/C34H42N4O10S2/c1-34(2,3)48-29(41)18-35-30(42)24(17-22-11-7-5-8-12-22)36-31(43)26(38-27(39)15-16-28(38)40)21-50-49-20-25(32(44)46-4)37-33(45)47-19-23-13-9-6-10-14-23/h5-14,24-26H,15-21H2,1-4H3,(H,35,42)(H,36,43)(H,37,45). The minimum absolute atomic E-state index is 0.00227. The molecule has 5 amide bonds. The predicted octanol–water partition coefficient (Wildman–Crippen LogP) is 2.54. The Bertz CT molecular complexity index is 1490. The lowest BCUT2D eigenvalue weighted by molar-refractivity contribution is -0.154. The van der Waals surface area contributed by atoms with Crippen molar-refractivity contribution < 1.29 is 47.8 Å². The lowest BCUT2D eigenvalue weighted by atomic mass is 10.0. The van der Waals surface area contributed by atoms with Gasteiger partial charge >= 0.3 is 18.0 Å². The molecule has 0 spiro atoms. The third kappa shape index (κ3) is 13.4. The van der Waals surface area contributed by atoms with E-state index in [9.17, 15) is 33.6 Å². The summed E-state index contributed by atoms with van der Waals surface area (Å²) in [4.78, 5) is 90.5. The molecule has 1 aliphatic rings. The van der Waals surface area contributed by atoms with Gasteiger partial charge in [-0.05, 0) is 31.9 Å². The van der Waals surface area contributed by atoms with E-state index in [1.54, 1.807) is 75.4 Å². The molecule has 0 aliphatic carbocycles. The van der Waals surface area contributed by atoms with Gasteiger partial charge in [-0.3, -0.25) is 28.9 Å². The van der Waals surface area contributed by atoms with Crippen molar-refractivity contribution >= 4 is 63.2 Å². The van der Waals surface area contributed by atoms with Crippen LogP contribution in [0.2, 0.25) is 0 Å². The number of likely N-dealkylation sites (tertiary alicyclic amines) is 1. The zero-order valence-electron chi connectivity index (χ0n) is 28.3. The van der Waals surface area contributed by atoms with E-state index in [4.69, 9.17) is 14.2 Å². The zero-order chi connectivity index (χ0) is 36.7. The number of hydrogen-bond donors (Lipinski definition) is 3. The minimum atomic E-state index is -1.30. The highest BCUT2D eigenvalue weighted by molar-refractivity contribution is 8.76. The number of esters is 2. The van der Waals surface area contributed by atoms with Gasteiger partial charge in [0, 0.05) is 30.8 Å². The molecule has 14 nitrogen and oxygen atoms in total. The van der Waals surface area contributed by atoms with Gasteiger partial charge in [-0.15, -0.1) is 0 Å². The number of alkyl carbamates (subject to hydrolysis) is 1. The van der Waals surface area contributed by atoms with Crippen LogP contribution in [0.4, 0.5) is 4.79 Å². The fourth-order valence-electron chi connectivity index (χ4n) is 4.64. The summed E-state index contributed by atoms with van der Waals surface area (Å²) < 4.78 is 15.3. The lowest BCUT2D eigenvalue weighted by Crippen LogP contribution is -2.56. The first kappa shape index (κ1) is 39.9. The summed E-state index contributed by atoms with van der Waals surface area (Å²) in [7, 11) is 3.35. The molecular weight excluding hydrogens is 689 g/mol. The van der Waals surface area contributed by atoms with Crippen LogP contribution in [0, 0.1) is 0 Å². The molecule has 0 bridgehead atoms. The number of amides is 5. The summed E-state index contributed by atoms with van der Waals surface area (Å²) in [6, 6.07) is 14.3. The molecule has 0 saturated carbocycles. The molecule has 1 heterocycles. The second-order valence-electron chi connectivity index (χ2n) is 12.1. The highest BCUT2D eigenvalue weighted by atomic mass is 33.1. The molecule has 3 N–H and O–H groups in total. The van der Waals surface area contributed by atoms with Crippen molar-refractivity contribution in [2.45, 2.75) is 70.4 Å². The van der Waals surface area contributed by atoms with Gasteiger partial charge in [0.15, 0.2) is 0 Å². The van der Waals surface area contributed by atoms with Crippen molar-refractivity contribution in [1.29, 1.82) is 0 Å². The molecule has 1 saturated heterocycles. The number of rotatable bonds is 17. The van der Waals surface area contributed by atoms with E-state index in [1.807, 2.05) is 6.07 Å². The molecule has 3 unspecified atom stereocenters. The maximum absolute atomic E-state index is 13.8. The Hall–Kier alpha value is -4.57. The maximum atomic E-state index is 13.8. The Balaban J connectivity index is 1.68. The summed E-state index contributed by atoms with van der Waals surface area (Å²) in [5.41, 5.74) is 0.697. The summed E-state index contributed by atoms with van der Waals surface area (Å²) in [6.45, 7) is 4.62. The van der Waals surface area contributed by atoms with E-state index < -0.39 is 71.9 Å². The Labute approximate surface area is 298 Å². The highest BCUT2D eigenvalue weighted by Crippen LogP contribution is 2.27. The molecule has 1 fully saturated rings. The largest absolute Gasteiger partial charge is 0.467 e. The molecule has 1 aliphatic heterocycles. The van der Waals surface area contributed by atoms with Crippen LogP contribution >= 0.6 is 21.6 Å².